The van der Waals surface area contributed by atoms with Crippen molar-refractivity contribution in [3.8, 4) is 0 Å². The monoisotopic (exact) mass is 353 g/mol. The van der Waals surface area contributed by atoms with Crippen molar-refractivity contribution in [3.05, 3.63) is 63.3 Å². The molecule has 0 amide bonds. The summed E-state index contributed by atoms with van der Waals surface area (Å²) < 4.78 is 14.1. The zero-order valence-corrected chi connectivity index (χ0v) is 13.1. The van der Waals surface area contributed by atoms with Gasteiger partial charge in [-0.25, -0.2) is 4.39 Å². The Kier molecular flexibility index (Phi) is 3.99. The van der Waals surface area contributed by atoms with E-state index >= 15 is 0 Å². The van der Waals surface area contributed by atoms with Gasteiger partial charge in [0.2, 0.25) is 0 Å². The number of nitrogens with one attached hydrogen (secondary N) is 1. The summed E-state index contributed by atoms with van der Waals surface area (Å²) in [5.41, 5.74) is 2.11. The molecule has 0 aliphatic heterocycles. The SMILES string of the molecule is Fc1ccc(Br)c(NC2CC(c3cccc(Cl)c3)C2)c1. The fourth-order valence-corrected chi connectivity index (χ4v) is 3.16. The zero-order valence-electron chi connectivity index (χ0n) is 10.7. The molecular weight excluding hydrogens is 341 g/mol. The fraction of sp³-hybridized carbons (Fsp3) is 0.250. The minimum absolute atomic E-state index is 0.221. The minimum atomic E-state index is -0.221. The summed E-state index contributed by atoms with van der Waals surface area (Å²) in [5, 5.41) is 4.17. The lowest BCUT2D eigenvalue weighted by Gasteiger charge is -2.37. The van der Waals surface area contributed by atoms with E-state index in [1.165, 1.54) is 17.7 Å². The molecule has 20 heavy (non-hydrogen) atoms. The molecule has 0 spiro atoms. The third-order valence-electron chi connectivity index (χ3n) is 3.75. The number of halogens is 3. The molecule has 0 unspecified atom stereocenters. The van der Waals surface area contributed by atoms with Crippen LogP contribution in [0.5, 0.6) is 0 Å². The molecular formula is C16H14BrClFN. The molecule has 104 valence electrons. The molecule has 2 aromatic rings. The molecule has 3 rings (SSSR count). The molecule has 0 bridgehead atoms. The molecule has 0 radical (unpaired) electrons. The van der Waals surface area contributed by atoms with E-state index < -0.39 is 0 Å². The molecule has 4 heteroatoms. The van der Waals surface area contributed by atoms with Crippen LogP contribution in [0.2, 0.25) is 5.02 Å². The Labute approximate surface area is 131 Å². The molecule has 1 aliphatic carbocycles. The summed E-state index contributed by atoms with van der Waals surface area (Å²) in [7, 11) is 0. The van der Waals surface area contributed by atoms with Gasteiger partial charge in [0.15, 0.2) is 0 Å². The number of anilines is 1. The first-order valence-electron chi connectivity index (χ1n) is 6.59. The normalized spacial score (nSPS) is 21.4. The predicted octanol–water partition coefficient (Wildman–Crippen LogP) is 5.60. The summed E-state index contributed by atoms with van der Waals surface area (Å²) in [6.07, 6.45) is 2.09. The first kappa shape index (κ1) is 13.9. The van der Waals surface area contributed by atoms with E-state index in [-0.39, 0.29) is 5.82 Å². The third kappa shape index (κ3) is 2.99. The lowest BCUT2D eigenvalue weighted by molar-refractivity contribution is 0.374. The first-order chi connectivity index (χ1) is 9.61. The van der Waals surface area contributed by atoms with Gasteiger partial charge in [0.1, 0.15) is 5.82 Å². The van der Waals surface area contributed by atoms with Crippen LogP contribution in [0, 0.1) is 5.82 Å². The second-order valence-electron chi connectivity index (χ2n) is 5.19. The Morgan fingerprint density at radius 2 is 1.95 bits per heavy atom. The summed E-state index contributed by atoms with van der Waals surface area (Å²) >= 11 is 9.45. The Morgan fingerprint density at radius 3 is 2.70 bits per heavy atom. The van der Waals surface area contributed by atoms with Gasteiger partial charge < -0.3 is 5.32 Å². The maximum atomic E-state index is 13.2. The first-order valence-corrected chi connectivity index (χ1v) is 7.76. The summed E-state index contributed by atoms with van der Waals surface area (Å²) in [5.74, 6) is 0.319. The highest BCUT2D eigenvalue weighted by Gasteiger charge is 2.30. The summed E-state index contributed by atoms with van der Waals surface area (Å²) in [6, 6.07) is 13.1. The predicted molar refractivity (Wildman–Crippen MR) is 84.9 cm³/mol. The van der Waals surface area contributed by atoms with E-state index in [4.69, 9.17) is 11.6 Å². The maximum absolute atomic E-state index is 13.2. The van der Waals surface area contributed by atoms with Crippen LogP contribution in [0.15, 0.2) is 46.9 Å². The van der Waals surface area contributed by atoms with Crippen LogP contribution in [0.4, 0.5) is 10.1 Å². The molecule has 1 N–H and O–H groups in total. The van der Waals surface area contributed by atoms with Gasteiger partial charge >= 0.3 is 0 Å². The fourth-order valence-electron chi connectivity index (χ4n) is 2.60. The van der Waals surface area contributed by atoms with E-state index in [0.29, 0.717) is 12.0 Å². The van der Waals surface area contributed by atoms with Crippen molar-refractivity contribution in [2.45, 2.75) is 24.8 Å². The average molecular weight is 355 g/mol. The van der Waals surface area contributed by atoms with Gasteiger partial charge in [-0.05, 0) is 70.6 Å². The quantitative estimate of drug-likeness (QED) is 0.756. The molecule has 0 saturated heterocycles. The van der Waals surface area contributed by atoms with E-state index in [9.17, 15) is 4.39 Å². The average Bonchev–Trinajstić information content (AvgIpc) is 2.37. The minimum Gasteiger partial charge on any atom is -0.381 e. The van der Waals surface area contributed by atoms with Crippen molar-refractivity contribution in [1.82, 2.24) is 0 Å². The van der Waals surface area contributed by atoms with Crippen molar-refractivity contribution in [3.63, 3.8) is 0 Å². The third-order valence-corrected chi connectivity index (χ3v) is 4.67. The lowest BCUT2D eigenvalue weighted by atomic mass is 9.76. The Bertz CT molecular complexity index is 626. The highest BCUT2D eigenvalue weighted by atomic mass is 79.9. The number of benzene rings is 2. The molecule has 0 heterocycles. The van der Waals surface area contributed by atoms with Gasteiger partial charge in [-0.15, -0.1) is 0 Å². The van der Waals surface area contributed by atoms with E-state index in [1.54, 1.807) is 6.07 Å². The standard InChI is InChI=1S/C16H14BrClFN/c17-15-5-4-13(19)9-16(15)20-14-7-11(8-14)10-2-1-3-12(18)6-10/h1-6,9,11,14,20H,7-8H2. The highest BCUT2D eigenvalue weighted by molar-refractivity contribution is 9.10. The van der Waals surface area contributed by atoms with Gasteiger partial charge in [0.05, 0.1) is 5.69 Å². The van der Waals surface area contributed by atoms with Gasteiger partial charge in [-0.2, -0.15) is 0 Å². The second-order valence-corrected chi connectivity index (χ2v) is 6.48. The second kappa shape index (κ2) is 5.74. The Morgan fingerprint density at radius 1 is 1.15 bits per heavy atom. The van der Waals surface area contributed by atoms with Gasteiger partial charge in [-0.3, -0.25) is 0 Å². The Balaban J connectivity index is 1.62. The molecule has 1 nitrogen and oxygen atoms in total. The van der Waals surface area contributed by atoms with Crippen LogP contribution in [-0.4, -0.2) is 6.04 Å². The topological polar surface area (TPSA) is 12.0 Å². The van der Waals surface area contributed by atoms with Gasteiger partial charge in [-0.1, -0.05) is 23.7 Å². The van der Waals surface area contributed by atoms with Crippen LogP contribution >= 0.6 is 27.5 Å². The molecule has 1 saturated carbocycles. The van der Waals surface area contributed by atoms with Crippen molar-refractivity contribution in [2.24, 2.45) is 0 Å². The van der Waals surface area contributed by atoms with Crippen molar-refractivity contribution in [1.29, 1.82) is 0 Å². The molecule has 0 atom stereocenters. The van der Waals surface area contributed by atoms with E-state index in [0.717, 1.165) is 28.0 Å². The van der Waals surface area contributed by atoms with Gasteiger partial charge in [0.25, 0.3) is 0 Å². The van der Waals surface area contributed by atoms with Gasteiger partial charge in [0, 0.05) is 15.5 Å². The molecule has 0 aromatic heterocycles. The number of rotatable bonds is 3. The van der Waals surface area contributed by atoms with Crippen molar-refractivity contribution >= 4 is 33.2 Å². The summed E-state index contributed by atoms with van der Waals surface area (Å²) in [4.78, 5) is 0. The van der Waals surface area contributed by atoms with Crippen LogP contribution < -0.4 is 5.32 Å². The largest absolute Gasteiger partial charge is 0.381 e. The number of hydrogen-bond donors (Lipinski definition) is 1. The molecule has 2 aromatic carbocycles. The number of hydrogen-bond acceptors (Lipinski definition) is 1. The van der Waals surface area contributed by atoms with Crippen LogP contribution in [0.25, 0.3) is 0 Å². The van der Waals surface area contributed by atoms with Crippen LogP contribution in [0.3, 0.4) is 0 Å². The highest BCUT2D eigenvalue weighted by Crippen LogP contribution is 2.40. The van der Waals surface area contributed by atoms with Crippen molar-refractivity contribution < 1.29 is 4.39 Å². The lowest BCUT2D eigenvalue weighted by Crippen LogP contribution is -2.34. The van der Waals surface area contributed by atoms with E-state index in [1.807, 2.05) is 18.2 Å². The maximum Gasteiger partial charge on any atom is 0.125 e. The van der Waals surface area contributed by atoms with E-state index in [2.05, 4.69) is 27.3 Å². The summed E-state index contributed by atoms with van der Waals surface area (Å²) in [6.45, 7) is 0. The molecule has 1 aliphatic rings. The zero-order chi connectivity index (χ0) is 14.1. The van der Waals surface area contributed by atoms with Crippen LogP contribution in [0.1, 0.15) is 24.3 Å². The van der Waals surface area contributed by atoms with Crippen LogP contribution in [-0.2, 0) is 0 Å². The smallest absolute Gasteiger partial charge is 0.125 e. The Hall–Kier alpha value is -1.06. The van der Waals surface area contributed by atoms with Crippen molar-refractivity contribution in [2.75, 3.05) is 5.32 Å². The molecule has 1 fully saturated rings.